The molecule has 0 spiro atoms. The summed E-state index contributed by atoms with van der Waals surface area (Å²) in [7, 11) is 0. The molecule has 4 rings (SSSR count). The number of carbonyl (C=O) groups is 1. The molecule has 166 valence electrons. The third kappa shape index (κ3) is 4.00. The van der Waals surface area contributed by atoms with E-state index >= 15 is 0 Å². The van der Waals surface area contributed by atoms with Crippen LogP contribution in [0.15, 0.2) is 24.3 Å². The van der Waals surface area contributed by atoms with E-state index in [1.54, 1.807) is 0 Å². The zero-order valence-corrected chi connectivity index (χ0v) is 19.4. The van der Waals surface area contributed by atoms with Crippen LogP contribution < -0.4 is 5.32 Å². The number of nitrogens with zero attached hydrogens (tertiary/aromatic N) is 1. The van der Waals surface area contributed by atoms with Crippen LogP contribution in [0.5, 0.6) is 0 Å². The van der Waals surface area contributed by atoms with Gasteiger partial charge in [-0.15, -0.1) is 0 Å². The predicted octanol–water partition coefficient (Wildman–Crippen LogP) is 6.39. The Balaban J connectivity index is 1.38. The van der Waals surface area contributed by atoms with Gasteiger partial charge in [0.05, 0.1) is 12.7 Å². The van der Waals surface area contributed by atoms with E-state index in [1.165, 1.54) is 44.1 Å². The summed E-state index contributed by atoms with van der Waals surface area (Å²) in [6, 6.07) is 8.42. The fourth-order valence-corrected chi connectivity index (χ4v) is 6.35. The van der Waals surface area contributed by atoms with Gasteiger partial charge < -0.3 is 15.0 Å². The molecule has 4 nitrogen and oxygen atoms in total. The first kappa shape index (κ1) is 21.7. The van der Waals surface area contributed by atoms with Crippen LogP contribution >= 0.6 is 0 Å². The molecular weight excluding hydrogens is 372 g/mol. The SMILES string of the molecule is Cc1ccc(NC(=O)N(CCO[C@@H]2C[C@H]3CC[C@@]2(C)C3(C)C)C2CCCCC2)cc1. The van der Waals surface area contributed by atoms with Crippen molar-refractivity contribution in [3.8, 4) is 0 Å². The third-order valence-corrected chi connectivity index (χ3v) is 8.94. The molecule has 0 heterocycles. The Morgan fingerprint density at radius 1 is 1.10 bits per heavy atom. The summed E-state index contributed by atoms with van der Waals surface area (Å²) >= 11 is 0. The number of amides is 2. The van der Waals surface area contributed by atoms with E-state index in [9.17, 15) is 4.79 Å². The van der Waals surface area contributed by atoms with Crippen LogP contribution in [0.2, 0.25) is 0 Å². The molecule has 0 unspecified atom stereocenters. The summed E-state index contributed by atoms with van der Waals surface area (Å²) in [5, 5.41) is 3.12. The second-order valence-electron chi connectivity index (χ2n) is 10.8. The monoisotopic (exact) mass is 412 g/mol. The topological polar surface area (TPSA) is 41.6 Å². The van der Waals surface area contributed by atoms with Gasteiger partial charge in [-0.05, 0) is 67.9 Å². The molecule has 2 amide bonds. The van der Waals surface area contributed by atoms with E-state index in [0.717, 1.165) is 24.4 Å². The van der Waals surface area contributed by atoms with Crippen LogP contribution in [0, 0.1) is 23.7 Å². The third-order valence-electron chi connectivity index (χ3n) is 8.94. The van der Waals surface area contributed by atoms with Crippen LogP contribution in [0.1, 0.15) is 77.7 Å². The number of benzene rings is 1. The van der Waals surface area contributed by atoms with Gasteiger partial charge >= 0.3 is 6.03 Å². The molecular formula is C26H40N2O2. The minimum atomic E-state index is 0.0221. The number of aryl methyl sites for hydroxylation is 1. The van der Waals surface area contributed by atoms with Crippen LogP contribution in [0.3, 0.4) is 0 Å². The Hall–Kier alpha value is -1.55. The van der Waals surface area contributed by atoms with Crippen molar-refractivity contribution in [3.63, 3.8) is 0 Å². The lowest BCUT2D eigenvalue weighted by Gasteiger charge is -2.39. The number of ether oxygens (including phenoxy) is 1. The predicted molar refractivity (Wildman–Crippen MR) is 123 cm³/mol. The fourth-order valence-electron chi connectivity index (χ4n) is 6.35. The highest BCUT2D eigenvalue weighted by Crippen LogP contribution is 2.66. The highest BCUT2D eigenvalue weighted by atomic mass is 16.5. The summed E-state index contributed by atoms with van der Waals surface area (Å²) in [6.45, 7) is 10.7. The molecule has 3 saturated carbocycles. The summed E-state index contributed by atoms with van der Waals surface area (Å²) in [6.07, 6.45) is 10.1. The first-order valence-corrected chi connectivity index (χ1v) is 12.1. The van der Waals surface area contributed by atoms with Gasteiger partial charge in [0.1, 0.15) is 0 Å². The fraction of sp³-hybridized carbons (Fsp3) is 0.731. The van der Waals surface area contributed by atoms with Crippen molar-refractivity contribution in [2.45, 2.75) is 91.2 Å². The molecule has 0 aromatic heterocycles. The number of nitrogens with one attached hydrogen (secondary N) is 1. The van der Waals surface area contributed by atoms with Crippen molar-refractivity contribution < 1.29 is 9.53 Å². The number of hydrogen-bond acceptors (Lipinski definition) is 2. The first-order chi connectivity index (χ1) is 14.3. The van der Waals surface area contributed by atoms with Crippen LogP contribution in [-0.2, 0) is 4.74 Å². The van der Waals surface area contributed by atoms with E-state index < -0.39 is 0 Å². The molecule has 0 aliphatic heterocycles. The lowest BCUT2D eigenvalue weighted by Crippen LogP contribution is -2.46. The Kier molecular flexibility index (Phi) is 6.16. The van der Waals surface area contributed by atoms with Crippen molar-refractivity contribution in [1.29, 1.82) is 0 Å². The Bertz CT molecular complexity index is 738. The number of rotatable bonds is 6. The van der Waals surface area contributed by atoms with E-state index in [-0.39, 0.29) is 11.4 Å². The van der Waals surface area contributed by atoms with Gasteiger partial charge in [0.2, 0.25) is 0 Å². The standard InChI is InChI=1S/C26H40N2O2/c1-19-10-12-21(13-11-19)27-24(29)28(22-8-6-5-7-9-22)16-17-30-23-18-20-14-15-26(23,4)25(20,2)3/h10-13,20,22-23H,5-9,14-18H2,1-4H3,(H,27,29)/t20-,23-,26-/m1/s1. The molecule has 3 fully saturated rings. The van der Waals surface area contributed by atoms with Gasteiger partial charge in [0.15, 0.2) is 0 Å². The van der Waals surface area contributed by atoms with Gasteiger partial charge in [0.25, 0.3) is 0 Å². The van der Waals surface area contributed by atoms with Gasteiger partial charge in [-0.3, -0.25) is 0 Å². The molecule has 3 aliphatic carbocycles. The smallest absolute Gasteiger partial charge is 0.322 e. The molecule has 1 N–H and O–H groups in total. The van der Waals surface area contributed by atoms with Crippen molar-refractivity contribution in [2.24, 2.45) is 16.7 Å². The molecule has 3 atom stereocenters. The molecule has 1 aromatic carbocycles. The average molecular weight is 413 g/mol. The van der Waals surface area contributed by atoms with Crippen molar-refractivity contribution in [3.05, 3.63) is 29.8 Å². The molecule has 1 aromatic rings. The number of urea groups is 1. The molecule has 0 radical (unpaired) electrons. The van der Waals surface area contributed by atoms with Crippen LogP contribution in [-0.4, -0.2) is 36.2 Å². The maximum atomic E-state index is 13.2. The van der Waals surface area contributed by atoms with Crippen molar-refractivity contribution in [2.75, 3.05) is 18.5 Å². The summed E-state index contributed by atoms with van der Waals surface area (Å²) < 4.78 is 6.49. The summed E-state index contributed by atoms with van der Waals surface area (Å²) in [5.41, 5.74) is 2.71. The minimum absolute atomic E-state index is 0.0221. The number of anilines is 1. The summed E-state index contributed by atoms with van der Waals surface area (Å²) in [5.74, 6) is 0.784. The second-order valence-corrected chi connectivity index (χ2v) is 10.8. The first-order valence-electron chi connectivity index (χ1n) is 12.1. The van der Waals surface area contributed by atoms with E-state index in [1.807, 2.05) is 24.3 Å². The lowest BCUT2D eigenvalue weighted by molar-refractivity contribution is -0.0517. The van der Waals surface area contributed by atoms with E-state index in [4.69, 9.17) is 4.74 Å². The quantitative estimate of drug-likeness (QED) is 0.588. The van der Waals surface area contributed by atoms with Gasteiger partial charge in [-0.1, -0.05) is 57.7 Å². The highest BCUT2D eigenvalue weighted by molar-refractivity contribution is 5.89. The number of fused-ring (bicyclic) bond motifs is 2. The van der Waals surface area contributed by atoms with E-state index in [2.05, 4.69) is 37.9 Å². The van der Waals surface area contributed by atoms with Gasteiger partial charge in [-0.2, -0.15) is 0 Å². The van der Waals surface area contributed by atoms with Crippen LogP contribution in [0.25, 0.3) is 0 Å². The zero-order chi connectivity index (χ0) is 21.4. The molecule has 4 heteroatoms. The average Bonchev–Trinajstić information content (AvgIpc) is 3.07. The summed E-state index contributed by atoms with van der Waals surface area (Å²) in [4.78, 5) is 15.2. The molecule has 30 heavy (non-hydrogen) atoms. The van der Waals surface area contributed by atoms with E-state index in [0.29, 0.717) is 30.7 Å². The van der Waals surface area contributed by atoms with Crippen molar-refractivity contribution in [1.82, 2.24) is 4.90 Å². The Morgan fingerprint density at radius 3 is 2.40 bits per heavy atom. The maximum Gasteiger partial charge on any atom is 0.322 e. The normalized spacial score (nSPS) is 30.4. The number of hydrogen-bond donors (Lipinski definition) is 1. The maximum absolute atomic E-state index is 13.2. The Morgan fingerprint density at radius 2 is 1.80 bits per heavy atom. The molecule has 3 aliphatic rings. The van der Waals surface area contributed by atoms with Crippen molar-refractivity contribution >= 4 is 11.7 Å². The minimum Gasteiger partial charge on any atom is -0.376 e. The van der Waals surface area contributed by atoms with Crippen LogP contribution in [0.4, 0.5) is 10.5 Å². The lowest BCUT2D eigenvalue weighted by atomic mass is 9.70. The van der Waals surface area contributed by atoms with Gasteiger partial charge in [-0.25, -0.2) is 4.79 Å². The molecule has 2 bridgehead atoms. The Labute approximate surface area is 182 Å². The highest BCUT2D eigenvalue weighted by Gasteiger charge is 2.61. The zero-order valence-electron chi connectivity index (χ0n) is 19.4. The number of carbonyl (C=O) groups excluding carboxylic acids is 1. The van der Waals surface area contributed by atoms with Gasteiger partial charge in [0, 0.05) is 18.3 Å². The molecule has 0 saturated heterocycles. The largest absolute Gasteiger partial charge is 0.376 e. The second kappa shape index (κ2) is 8.53.